The summed E-state index contributed by atoms with van der Waals surface area (Å²) in [5.74, 6) is -2.53. The Morgan fingerprint density at radius 3 is 2.79 bits per heavy atom. The maximum atomic E-state index is 13.2. The van der Waals surface area contributed by atoms with Gasteiger partial charge in [0.1, 0.15) is 0 Å². The van der Waals surface area contributed by atoms with E-state index in [1.165, 1.54) is 0 Å². The smallest absolute Gasteiger partial charge is 0.255 e. The van der Waals surface area contributed by atoms with Gasteiger partial charge in [0.2, 0.25) is 0 Å². The summed E-state index contributed by atoms with van der Waals surface area (Å²) in [7, 11) is 1.59. The van der Waals surface area contributed by atoms with Gasteiger partial charge in [-0.3, -0.25) is 4.79 Å². The second-order valence-corrected chi connectivity index (χ2v) is 4.90. The molecule has 1 saturated heterocycles. The Balaban J connectivity index is 2.22. The summed E-state index contributed by atoms with van der Waals surface area (Å²) >= 11 is 5.80. The highest BCUT2D eigenvalue weighted by molar-refractivity contribution is 6.33. The van der Waals surface area contributed by atoms with Crippen molar-refractivity contribution in [1.29, 1.82) is 0 Å². The fourth-order valence-electron chi connectivity index (χ4n) is 2.17. The Morgan fingerprint density at radius 2 is 2.11 bits per heavy atom. The standard InChI is InChI=1S/C13H14ClF2NO2/c1-19-8-3-2-4-17(7-8)13(18)9-5-11(15)12(16)6-10(9)14/h5-6,8H,2-4,7H2,1H3/t8-/m1/s1. The lowest BCUT2D eigenvalue weighted by molar-refractivity contribution is 0.0268. The topological polar surface area (TPSA) is 29.5 Å². The van der Waals surface area contributed by atoms with Gasteiger partial charge in [-0.15, -0.1) is 0 Å². The van der Waals surface area contributed by atoms with Crippen LogP contribution in [0.2, 0.25) is 5.02 Å². The van der Waals surface area contributed by atoms with Gasteiger partial charge in [0.05, 0.1) is 16.7 Å². The highest BCUT2D eigenvalue weighted by Gasteiger charge is 2.26. The van der Waals surface area contributed by atoms with Crippen LogP contribution in [0, 0.1) is 11.6 Å². The number of nitrogens with zero attached hydrogens (tertiary/aromatic N) is 1. The Hall–Kier alpha value is -1.20. The van der Waals surface area contributed by atoms with E-state index in [0.29, 0.717) is 13.1 Å². The molecule has 0 unspecified atom stereocenters. The number of amides is 1. The molecule has 0 spiro atoms. The molecule has 104 valence electrons. The van der Waals surface area contributed by atoms with Gasteiger partial charge in [-0.25, -0.2) is 8.78 Å². The van der Waals surface area contributed by atoms with Gasteiger partial charge in [-0.1, -0.05) is 11.6 Å². The Morgan fingerprint density at radius 1 is 1.42 bits per heavy atom. The molecule has 3 nitrogen and oxygen atoms in total. The van der Waals surface area contributed by atoms with Crippen LogP contribution in [0.1, 0.15) is 23.2 Å². The first-order valence-electron chi connectivity index (χ1n) is 5.99. The molecule has 2 rings (SSSR count). The minimum Gasteiger partial charge on any atom is -0.380 e. The van der Waals surface area contributed by atoms with Crippen LogP contribution in [0.5, 0.6) is 0 Å². The van der Waals surface area contributed by atoms with Gasteiger partial charge in [0.25, 0.3) is 5.91 Å². The SMILES string of the molecule is CO[C@@H]1CCCN(C(=O)c2cc(F)c(F)cc2Cl)C1. The van der Waals surface area contributed by atoms with Crippen molar-refractivity contribution < 1.29 is 18.3 Å². The molecule has 0 radical (unpaired) electrons. The summed E-state index contributed by atoms with van der Waals surface area (Å²) in [6.45, 7) is 0.999. The number of carbonyl (C=O) groups is 1. The van der Waals surface area contributed by atoms with Crippen molar-refractivity contribution in [2.24, 2.45) is 0 Å². The van der Waals surface area contributed by atoms with Crippen molar-refractivity contribution in [3.05, 3.63) is 34.4 Å². The Kier molecular flexibility index (Phi) is 4.37. The lowest BCUT2D eigenvalue weighted by atomic mass is 10.1. The van der Waals surface area contributed by atoms with Crippen LogP contribution in [0.3, 0.4) is 0 Å². The largest absolute Gasteiger partial charge is 0.380 e. The molecule has 1 aromatic rings. The molecule has 0 saturated carbocycles. The van der Waals surface area contributed by atoms with E-state index in [9.17, 15) is 13.6 Å². The average molecular weight is 290 g/mol. The molecule has 1 heterocycles. The van der Waals surface area contributed by atoms with Gasteiger partial charge < -0.3 is 9.64 Å². The van der Waals surface area contributed by atoms with Crippen molar-refractivity contribution in [2.75, 3.05) is 20.2 Å². The molecule has 0 aliphatic carbocycles. The summed E-state index contributed by atoms with van der Waals surface area (Å²) in [6, 6.07) is 1.66. The van der Waals surface area contributed by atoms with Gasteiger partial charge in [-0.05, 0) is 25.0 Å². The minimum absolute atomic E-state index is 0.0164. The van der Waals surface area contributed by atoms with E-state index >= 15 is 0 Å². The summed E-state index contributed by atoms with van der Waals surface area (Å²) in [5, 5.41) is -0.0801. The van der Waals surface area contributed by atoms with Crippen molar-refractivity contribution >= 4 is 17.5 Å². The monoisotopic (exact) mass is 289 g/mol. The molecule has 1 aromatic carbocycles. The zero-order valence-electron chi connectivity index (χ0n) is 10.5. The predicted octanol–water partition coefficient (Wildman–Crippen LogP) is 2.87. The zero-order chi connectivity index (χ0) is 14.0. The molecular formula is C13H14ClF2NO2. The molecule has 1 fully saturated rings. The zero-order valence-corrected chi connectivity index (χ0v) is 11.2. The van der Waals surface area contributed by atoms with Gasteiger partial charge >= 0.3 is 0 Å². The molecular weight excluding hydrogens is 276 g/mol. The van der Waals surface area contributed by atoms with Crippen molar-refractivity contribution in [3.63, 3.8) is 0 Å². The quantitative estimate of drug-likeness (QED) is 0.784. The summed E-state index contributed by atoms with van der Waals surface area (Å²) in [5.41, 5.74) is -0.0164. The highest BCUT2D eigenvalue weighted by atomic mass is 35.5. The van der Waals surface area contributed by atoms with Crippen molar-refractivity contribution in [1.82, 2.24) is 4.90 Å². The Bertz CT molecular complexity index is 496. The van der Waals surface area contributed by atoms with E-state index in [2.05, 4.69) is 0 Å². The maximum Gasteiger partial charge on any atom is 0.255 e. The van der Waals surface area contributed by atoms with Crippen LogP contribution in [0.4, 0.5) is 8.78 Å². The number of likely N-dealkylation sites (tertiary alicyclic amines) is 1. The number of hydrogen-bond donors (Lipinski definition) is 0. The first-order chi connectivity index (χ1) is 9.02. The van der Waals surface area contributed by atoms with Crippen LogP contribution in [0.25, 0.3) is 0 Å². The highest BCUT2D eigenvalue weighted by Crippen LogP contribution is 2.23. The number of hydrogen-bond acceptors (Lipinski definition) is 2. The first-order valence-corrected chi connectivity index (χ1v) is 6.37. The minimum atomic E-state index is -1.08. The van der Waals surface area contributed by atoms with E-state index in [0.717, 1.165) is 25.0 Å². The lowest BCUT2D eigenvalue weighted by Gasteiger charge is -2.32. The molecule has 1 amide bonds. The summed E-state index contributed by atoms with van der Waals surface area (Å²) in [6.07, 6.45) is 1.67. The predicted molar refractivity (Wildman–Crippen MR) is 67.3 cm³/mol. The Labute approximate surface area is 115 Å². The summed E-state index contributed by atoms with van der Waals surface area (Å²) in [4.78, 5) is 13.8. The number of piperidine rings is 1. The molecule has 0 aromatic heterocycles. The van der Waals surface area contributed by atoms with Crippen molar-refractivity contribution in [2.45, 2.75) is 18.9 Å². The fraction of sp³-hybridized carbons (Fsp3) is 0.462. The van der Waals surface area contributed by atoms with Crippen molar-refractivity contribution in [3.8, 4) is 0 Å². The third kappa shape index (κ3) is 3.04. The molecule has 19 heavy (non-hydrogen) atoms. The van der Waals surface area contributed by atoms with Crippen LogP contribution in [-0.2, 0) is 4.74 Å². The number of rotatable bonds is 2. The van der Waals surface area contributed by atoms with Gasteiger partial charge in [0.15, 0.2) is 11.6 Å². The number of benzene rings is 1. The van der Waals surface area contributed by atoms with E-state index in [-0.39, 0.29) is 16.7 Å². The molecule has 0 bridgehead atoms. The maximum absolute atomic E-state index is 13.2. The lowest BCUT2D eigenvalue weighted by Crippen LogP contribution is -2.43. The summed E-state index contributed by atoms with van der Waals surface area (Å²) < 4.78 is 31.4. The number of methoxy groups -OCH3 is 1. The van der Waals surface area contributed by atoms with E-state index in [1.807, 2.05) is 0 Å². The van der Waals surface area contributed by atoms with E-state index in [4.69, 9.17) is 16.3 Å². The van der Waals surface area contributed by atoms with Gasteiger partial charge in [-0.2, -0.15) is 0 Å². The third-order valence-corrected chi connectivity index (χ3v) is 3.55. The van der Waals surface area contributed by atoms with E-state index in [1.54, 1.807) is 12.0 Å². The molecule has 1 aliphatic rings. The second-order valence-electron chi connectivity index (χ2n) is 4.50. The van der Waals surface area contributed by atoms with Gasteiger partial charge in [0, 0.05) is 20.2 Å². The average Bonchev–Trinajstić information content (AvgIpc) is 2.42. The molecule has 0 N–H and O–H groups in total. The fourth-order valence-corrected chi connectivity index (χ4v) is 2.40. The number of ether oxygens (including phenoxy) is 1. The van der Waals surface area contributed by atoms with E-state index < -0.39 is 17.5 Å². The molecule has 6 heteroatoms. The number of carbonyl (C=O) groups excluding carboxylic acids is 1. The second kappa shape index (κ2) is 5.84. The normalized spacial score (nSPS) is 19.6. The molecule has 1 aliphatic heterocycles. The third-order valence-electron chi connectivity index (χ3n) is 3.24. The van der Waals surface area contributed by atoms with Crippen LogP contribution in [0.15, 0.2) is 12.1 Å². The number of halogens is 3. The first kappa shape index (κ1) is 14.2. The van der Waals surface area contributed by atoms with Crippen LogP contribution >= 0.6 is 11.6 Å². The van der Waals surface area contributed by atoms with Crippen LogP contribution in [-0.4, -0.2) is 37.1 Å². The molecule has 1 atom stereocenters. The van der Waals surface area contributed by atoms with Crippen LogP contribution < -0.4 is 0 Å².